The van der Waals surface area contributed by atoms with Crippen LogP contribution in [-0.4, -0.2) is 11.2 Å². The summed E-state index contributed by atoms with van der Waals surface area (Å²) in [5.41, 5.74) is 0. The lowest BCUT2D eigenvalue weighted by molar-refractivity contribution is 0.198. The summed E-state index contributed by atoms with van der Waals surface area (Å²) < 4.78 is 0. The maximum absolute atomic E-state index is 9.05. The minimum absolute atomic E-state index is 0.197. The van der Waals surface area contributed by atoms with Crippen LogP contribution in [0.3, 0.4) is 0 Å². The van der Waals surface area contributed by atoms with Crippen molar-refractivity contribution in [2.75, 3.05) is 0 Å². The van der Waals surface area contributed by atoms with Crippen LogP contribution in [0.1, 0.15) is 71.6 Å². The Morgan fingerprint density at radius 1 is 0.824 bits per heavy atom. The quantitative estimate of drug-likeness (QED) is 0.396. The standard InChI is InChI=1S/C16H30O/c1-3-4-5-6-7-8-9-10-11-12-13-14-15-16(2)17/h7-8,13-14,16-17H,3-6,9-12,15H2,1-2H3. The molecule has 0 saturated carbocycles. The van der Waals surface area contributed by atoms with Crippen LogP contribution in [0, 0.1) is 0 Å². The molecule has 1 heteroatoms. The largest absolute Gasteiger partial charge is 0.393 e. The van der Waals surface area contributed by atoms with Crippen LogP contribution in [0.2, 0.25) is 0 Å². The summed E-state index contributed by atoms with van der Waals surface area (Å²) in [5, 5.41) is 9.05. The normalized spacial score (nSPS) is 13.8. The van der Waals surface area contributed by atoms with Gasteiger partial charge in [-0.3, -0.25) is 0 Å². The van der Waals surface area contributed by atoms with Gasteiger partial charge in [0, 0.05) is 0 Å². The predicted octanol–water partition coefficient (Wildman–Crippen LogP) is 5.01. The van der Waals surface area contributed by atoms with E-state index in [1.807, 2.05) is 6.92 Å². The van der Waals surface area contributed by atoms with E-state index in [1.165, 1.54) is 44.9 Å². The van der Waals surface area contributed by atoms with E-state index in [0.717, 1.165) is 12.8 Å². The van der Waals surface area contributed by atoms with Crippen molar-refractivity contribution in [1.82, 2.24) is 0 Å². The topological polar surface area (TPSA) is 20.2 Å². The Balaban J connectivity index is 3.15. The third kappa shape index (κ3) is 15.4. The van der Waals surface area contributed by atoms with Crippen molar-refractivity contribution in [1.29, 1.82) is 0 Å². The fourth-order valence-electron chi connectivity index (χ4n) is 1.68. The molecule has 0 heterocycles. The SMILES string of the molecule is CCCCCC=CCCCCC=CCC(C)O. The highest BCUT2D eigenvalue weighted by Crippen LogP contribution is 2.05. The van der Waals surface area contributed by atoms with Crippen LogP contribution in [0.25, 0.3) is 0 Å². The molecule has 0 bridgehead atoms. The van der Waals surface area contributed by atoms with Crippen LogP contribution in [0.15, 0.2) is 24.3 Å². The summed E-state index contributed by atoms with van der Waals surface area (Å²) in [6.07, 6.45) is 19.7. The first kappa shape index (κ1) is 16.4. The highest BCUT2D eigenvalue weighted by atomic mass is 16.3. The molecule has 0 aliphatic rings. The van der Waals surface area contributed by atoms with Gasteiger partial charge in [-0.05, 0) is 51.9 Å². The second kappa shape index (κ2) is 13.5. The first-order valence-electron chi connectivity index (χ1n) is 7.25. The molecular formula is C16H30O. The predicted molar refractivity (Wildman–Crippen MR) is 77.2 cm³/mol. The van der Waals surface area contributed by atoms with Gasteiger partial charge in [0.1, 0.15) is 0 Å². The summed E-state index contributed by atoms with van der Waals surface area (Å²) >= 11 is 0. The van der Waals surface area contributed by atoms with E-state index in [2.05, 4.69) is 31.2 Å². The Labute approximate surface area is 108 Å². The van der Waals surface area contributed by atoms with Crippen molar-refractivity contribution in [3.8, 4) is 0 Å². The number of hydrogen-bond donors (Lipinski definition) is 1. The maximum Gasteiger partial charge on any atom is 0.0546 e. The molecule has 0 spiro atoms. The summed E-state index contributed by atoms with van der Waals surface area (Å²) in [6.45, 7) is 4.07. The zero-order valence-corrected chi connectivity index (χ0v) is 11.7. The fraction of sp³-hybridized carbons (Fsp3) is 0.750. The van der Waals surface area contributed by atoms with Crippen LogP contribution in [0.5, 0.6) is 0 Å². The van der Waals surface area contributed by atoms with Gasteiger partial charge in [0.15, 0.2) is 0 Å². The van der Waals surface area contributed by atoms with Gasteiger partial charge < -0.3 is 5.11 Å². The van der Waals surface area contributed by atoms with Gasteiger partial charge in [-0.2, -0.15) is 0 Å². The first-order valence-corrected chi connectivity index (χ1v) is 7.25. The van der Waals surface area contributed by atoms with Crippen molar-refractivity contribution in [2.24, 2.45) is 0 Å². The molecule has 1 nitrogen and oxygen atoms in total. The molecule has 0 aromatic carbocycles. The first-order chi connectivity index (χ1) is 8.27. The van der Waals surface area contributed by atoms with Gasteiger partial charge in [0.25, 0.3) is 0 Å². The monoisotopic (exact) mass is 238 g/mol. The Hall–Kier alpha value is -0.560. The lowest BCUT2D eigenvalue weighted by Crippen LogP contribution is -1.95. The lowest BCUT2D eigenvalue weighted by Gasteiger charge is -1.97. The molecule has 0 rings (SSSR count). The number of aliphatic hydroxyl groups excluding tert-OH is 1. The van der Waals surface area contributed by atoms with E-state index in [1.54, 1.807) is 0 Å². The number of hydrogen-bond acceptors (Lipinski definition) is 1. The number of unbranched alkanes of at least 4 members (excludes halogenated alkanes) is 6. The van der Waals surface area contributed by atoms with E-state index in [9.17, 15) is 0 Å². The average Bonchev–Trinajstić information content (AvgIpc) is 2.30. The highest BCUT2D eigenvalue weighted by Gasteiger charge is 1.88. The molecule has 0 radical (unpaired) electrons. The van der Waals surface area contributed by atoms with E-state index in [4.69, 9.17) is 5.11 Å². The van der Waals surface area contributed by atoms with E-state index < -0.39 is 0 Å². The zero-order chi connectivity index (χ0) is 12.8. The second-order valence-electron chi connectivity index (χ2n) is 4.81. The second-order valence-corrected chi connectivity index (χ2v) is 4.81. The molecule has 0 fully saturated rings. The Bertz CT molecular complexity index is 192. The maximum atomic E-state index is 9.05. The smallest absolute Gasteiger partial charge is 0.0546 e. The van der Waals surface area contributed by atoms with Crippen LogP contribution in [0.4, 0.5) is 0 Å². The van der Waals surface area contributed by atoms with Crippen LogP contribution >= 0.6 is 0 Å². The van der Waals surface area contributed by atoms with E-state index in [0.29, 0.717) is 0 Å². The molecule has 0 amide bonds. The van der Waals surface area contributed by atoms with E-state index >= 15 is 0 Å². The summed E-state index contributed by atoms with van der Waals surface area (Å²) in [5.74, 6) is 0. The Kier molecular flexibility index (Phi) is 13.1. The number of allylic oxidation sites excluding steroid dienone is 3. The van der Waals surface area contributed by atoms with Gasteiger partial charge in [-0.25, -0.2) is 0 Å². The third-order valence-corrected chi connectivity index (χ3v) is 2.78. The minimum atomic E-state index is -0.197. The van der Waals surface area contributed by atoms with Gasteiger partial charge in [0.05, 0.1) is 6.10 Å². The summed E-state index contributed by atoms with van der Waals surface area (Å²) in [4.78, 5) is 0. The third-order valence-electron chi connectivity index (χ3n) is 2.78. The lowest BCUT2D eigenvalue weighted by atomic mass is 10.1. The zero-order valence-electron chi connectivity index (χ0n) is 11.7. The molecule has 0 aromatic heterocycles. The van der Waals surface area contributed by atoms with Crippen molar-refractivity contribution >= 4 is 0 Å². The van der Waals surface area contributed by atoms with Gasteiger partial charge in [-0.1, -0.05) is 44.1 Å². The van der Waals surface area contributed by atoms with Gasteiger partial charge in [0.2, 0.25) is 0 Å². The number of aliphatic hydroxyl groups is 1. The highest BCUT2D eigenvalue weighted by molar-refractivity contribution is 4.84. The molecule has 0 aliphatic carbocycles. The van der Waals surface area contributed by atoms with Crippen molar-refractivity contribution < 1.29 is 5.11 Å². The molecule has 0 aliphatic heterocycles. The molecule has 1 unspecified atom stereocenters. The fourth-order valence-corrected chi connectivity index (χ4v) is 1.68. The molecule has 0 saturated heterocycles. The molecule has 1 N–H and O–H groups in total. The average molecular weight is 238 g/mol. The van der Waals surface area contributed by atoms with Crippen LogP contribution in [-0.2, 0) is 0 Å². The summed E-state index contributed by atoms with van der Waals surface area (Å²) in [6, 6.07) is 0. The number of rotatable bonds is 11. The van der Waals surface area contributed by atoms with Crippen molar-refractivity contribution in [2.45, 2.75) is 77.7 Å². The molecule has 1 atom stereocenters. The molecule has 0 aromatic rings. The van der Waals surface area contributed by atoms with Crippen molar-refractivity contribution in [3.05, 3.63) is 24.3 Å². The molecule has 17 heavy (non-hydrogen) atoms. The Morgan fingerprint density at radius 2 is 1.29 bits per heavy atom. The van der Waals surface area contributed by atoms with E-state index in [-0.39, 0.29) is 6.10 Å². The van der Waals surface area contributed by atoms with Gasteiger partial charge >= 0.3 is 0 Å². The van der Waals surface area contributed by atoms with Crippen LogP contribution < -0.4 is 0 Å². The van der Waals surface area contributed by atoms with Gasteiger partial charge in [-0.15, -0.1) is 0 Å². The molecule has 100 valence electrons. The molecular weight excluding hydrogens is 208 g/mol. The summed E-state index contributed by atoms with van der Waals surface area (Å²) in [7, 11) is 0. The van der Waals surface area contributed by atoms with Crippen molar-refractivity contribution in [3.63, 3.8) is 0 Å². The minimum Gasteiger partial charge on any atom is -0.393 e. The Morgan fingerprint density at radius 3 is 1.76 bits per heavy atom.